The first-order valence-electron chi connectivity index (χ1n) is 9.12. The van der Waals surface area contributed by atoms with Gasteiger partial charge in [0, 0.05) is 10.5 Å². The van der Waals surface area contributed by atoms with E-state index in [-0.39, 0.29) is 23.4 Å². The zero-order chi connectivity index (χ0) is 22.6. The van der Waals surface area contributed by atoms with Crippen LogP contribution in [0.4, 0.5) is 0 Å². The Labute approximate surface area is 192 Å². The van der Waals surface area contributed by atoms with E-state index in [9.17, 15) is 9.59 Å². The average molecular weight is 493 g/mol. The van der Waals surface area contributed by atoms with Gasteiger partial charge in [-0.15, -0.1) is 0 Å². The number of carbonyl (C=O) groups excluding carboxylic acids is 1. The fourth-order valence-electron chi connectivity index (χ4n) is 3.08. The Morgan fingerprint density at radius 3 is 2.68 bits per heavy atom. The lowest BCUT2D eigenvalue weighted by atomic mass is 9.55. The maximum absolute atomic E-state index is 12.9. The lowest BCUT2D eigenvalue weighted by Gasteiger charge is -2.47. The highest BCUT2D eigenvalue weighted by atomic mass is 79.9. The second-order valence-corrected chi connectivity index (χ2v) is 8.58. The third-order valence-electron chi connectivity index (χ3n) is 4.67. The highest BCUT2D eigenvalue weighted by Gasteiger charge is 2.44. The van der Waals surface area contributed by atoms with Crippen LogP contribution in [0.2, 0.25) is 0 Å². The minimum atomic E-state index is -1.83. The summed E-state index contributed by atoms with van der Waals surface area (Å²) in [7, 11) is 20.1. The topological polar surface area (TPSA) is 79.7 Å². The Hall–Kier alpha value is -2.25. The van der Waals surface area contributed by atoms with Gasteiger partial charge in [0.05, 0.1) is 33.8 Å². The molecule has 0 fully saturated rings. The van der Waals surface area contributed by atoms with Crippen molar-refractivity contribution >= 4 is 65.6 Å². The molecule has 31 heavy (non-hydrogen) atoms. The number of hydrogen-bond acceptors (Lipinski definition) is 6. The van der Waals surface area contributed by atoms with E-state index in [1.54, 1.807) is 43.3 Å². The molecule has 2 atom stereocenters. The molecule has 150 valence electrons. The Bertz CT molecular complexity index is 1280. The third-order valence-corrected chi connectivity index (χ3v) is 5.90. The van der Waals surface area contributed by atoms with Crippen LogP contribution in [0.1, 0.15) is 17.4 Å². The average Bonchev–Trinajstić information content (AvgIpc) is 2.68. The highest BCUT2D eigenvalue weighted by molar-refractivity contribution is 9.10. The van der Waals surface area contributed by atoms with E-state index in [1.165, 1.54) is 4.68 Å². The van der Waals surface area contributed by atoms with Crippen LogP contribution in [-0.4, -0.2) is 56.5 Å². The molecule has 6 radical (unpaired) electrons. The van der Waals surface area contributed by atoms with Gasteiger partial charge in [0.25, 0.3) is 0 Å². The standard InChI is InChI=1S/C19H13B3BrN2O5P/c1-2-28-17(27)15-16(26)14-10(23)4-3-5-11(14)25(24-15)9-6-7-12-13(8-9)29-18(20,21)19(22,31)30-12/h3-8H,2,31H2,1H3. The minimum absolute atomic E-state index is 0.100. The summed E-state index contributed by atoms with van der Waals surface area (Å²) >= 11 is 3.38. The van der Waals surface area contributed by atoms with Crippen LogP contribution in [0.3, 0.4) is 0 Å². The SMILES string of the molecule is [B]C1([B])Oc2cc(-n3nc(C(=O)OCC)c(=O)c4c(Br)cccc43)ccc2OC1([B])P. The maximum Gasteiger partial charge on any atom is 0.362 e. The summed E-state index contributed by atoms with van der Waals surface area (Å²) in [6.45, 7) is 1.74. The molecule has 0 saturated heterocycles. The van der Waals surface area contributed by atoms with Gasteiger partial charge in [-0.2, -0.15) is 5.10 Å². The van der Waals surface area contributed by atoms with Gasteiger partial charge in [-0.1, -0.05) is 15.3 Å². The van der Waals surface area contributed by atoms with Crippen LogP contribution in [0.5, 0.6) is 11.5 Å². The van der Waals surface area contributed by atoms with E-state index >= 15 is 0 Å². The zero-order valence-corrected chi connectivity index (χ0v) is 19.0. The van der Waals surface area contributed by atoms with Gasteiger partial charge in [-0.3, -0.25) is 4.79 Å². The monoisotopic (exact) mass is 492 g/mol. The van der Waals surface area contributed by atoms with Crippen LogP contribution in [0.15, 0.2) is 45.7 Å². The molecule has 0 aliphatic carbocycles. The molecule has 0 spiro atoms. The van der Waals surface area contributed by atoms with Crippen molar-refractivity contribution in [2.75, 3.05) is 6.61 Å². The van der Waals surface area contributed by atoms with Gasteiger partial charge in [0.15, 0.2) is 11.5 Å². The number of aromatic nitrogens is 2. The Balaban J connectivity index is 1.95. The fourth-order valence-corrected chi connectivity index (χ4v) is 3.80. The first-order chi connectivity index (χ1) is 14.6. The first-order valence-corrected chi connectivity index (χ1v) is 10.5. The van der Waals surface area contributed by atoms with Gasteiger partial charge in [0.2, 0.25) is 11.1 Å². The molecule has 0 bridgehead atoms. The van der Waals surface area contributed by atoms with Gasteiger partial charge < -0.3 is 14.2 Å². The molecule has 1 aliphatic heterocycles. The van der Waals surface area contributed by atoms with Crippen molar-refractivity contribution in [3.8, 4) is 17.2 Å². The maximum atomic E-state index is 12.9. The van der Waals surface area contributed by atoms with Gasteiger partial charge in [0.1, 0.15) is 23.5 Å². The first kappa shape index (κ1) is 22.0. The van der Waals surface area contributed by atoms with Gasteiger partial charge >= 0.3 is 5.97 Å². The fraction of sp³-hybridized carbons (Fsp3) is 0.211. The summed E-state index contributed by atoms with van der Waals surface area (Å²) in [6.07, 6.45) is 0. The van der Waals surface area contributed by atoms with Crippen molar-refractivity contribution < 1.29 is 19.0 Å². The summed E-state index contributed by atoms with van der Waals surface area (Å²) in [5, 5.41) is 1.16. The lowest BCUT2D eigenvalue weighted by Crippen LogP contribution is -2.61. The summed E-state index contributed by atoms with van der Waals surface area (Å²) in [6, 6.07) is 9.97. The molecule has 3 aromatic rings. The minimum Gasteiger partial charge on any atom is -0.499 e. The Kier molecular flexibility index (Phi) is 5.47. The molecule has 2 heterocycles. The number of ether oxygens (including phenoxy) is 3. The zero-order valence-electron chi connectivity index (χ0n) is 16.3. The lowest BCUT2D eigenvalue weighted by molar-refractivity contribution is 0.0516. The molecule has 2 aromatic carbocycles. The van der Waals surface area contributed by atoms with E-state index in [0.717, 1.165) is 0 Å². The molecular weight excluding hydrogens is 480 g/mol. The summed E-state index contributed by atoms with van der Waals surface area (Å²) in [5.41, 5.74) is 0.0119. The Morgan fingerprint density at radius 2 is 1.97 bits per heavy atom. The van der Waals surface area contributed by atoms with Crippen LogP contribution in [0.25, 0.3) is 16.6 Å². The van der Waals surface area contributed by atoms with E-state index in [2.05, 4.69) is 30.3 Å². The number of fused-ring (bicyclic) bond motifs is 2. The molecule has 1 aromatic heterocycles. The van der Waals surface area contributed by atoms with Crippen LogP contribution in [-0.2, 0) is 4.74 Å². The van der Waals surface area contributed by atoms with Crippen LogP contribution in [0, 0.1) is 0 Å². The number of benzene rings is 2. The number of hydrogen-bond donors (Lipinski definition) is 0. The normalized spacial score (nSPS) is 19.2. The van der Waals surface area contributed by atoms with Crippen molar-refractivity contribution in [3.63, 3.8) is 0 Å². The van der Waals surface area contributed by atoms with Crippen molar-refractivity contribution in [2.24, 2.45) is 0 Å². The second kappa shape index (κ2) is 7.71. The molecule has 0 saturated carbocycles. The summed E-state index contributed by atoms with van der Waals surface area (Å²) in [5.74, 6) is -0.299. The predicted octanol–water partition coefficient (Wildman–Crippen LogP) is 1.78. The molecule has 4 rings (SSSR count). The number of esters is 1. The molecular formula is C19H13B3BrN2O5P. The van der Waals surface area contributed by atoms with Gasteiger partial charge in [-0.25, -0.2) is 9.48 Å². The van der Waals surface area contributed by atoms with E-state index in [0.29, 0.717) is 21.4 Å². The number of halogens is 1. The number of rotatable bonds is 3. The second-order valence-electron chi connectivity index (χ2n) is 6.87. The number of carbonyl (C=O) groups is 1. The van der Waals surface area contributed by atoms with Crippen molar-refractivity contribution in [1.29, 1.82) is 0 Å². The van der Waals surface area contributed by atoms with E-state index in [1.807, 2.05) is 0 Å². The molecule has 7 nitrogen and oxygen atoms in total. The summed E-state index contributed by atoms with van der Waals surface area (Å²) in [4.78, 5) is 25.3. The largest absolute Gasteiger partial charge is 0.499 e. The molecule has 0 N–H and O–H groups in total. The molecule has 1 aliphatic rings. The molecule has 0 amide bonds. The van der Waals surface area contributed by atoms with Crippen molar-refractivity contribution in [2.45, 2.75) is 17.6 Å². The molecule has 2 unspecified atom stereocenters. The van der Waals surface area contributed by atoms with Crippen LogP contribution >= 0.6 is 25.2 Å². The van der Waals surface area contributed by atoms with Crippen molar-refractivity contribution in [3.05, 3.63) is 56.8 Å². The highest BCUT2D eigenvalue weighted by Crippen LogP contribution is 2.43. The van der Waals surface area contributed by atoms with Crippen molar-refractivity contribution in [1.82, 2.24) is 9.78 Å². The molecule has 12 heteroatoms. The van der Waals surface area contributed by atoms with E-state index < -0.39 is 22.0 Å². The van der Waals surface area contributed by atoms with E-state index in [4.69, 9.17) is 37.7 Å². The third kappa shape index (κ3) is 3.68. The number of nitrogens with zero attached hydrogens (tertiary/aromatic N) is 2. The van der Waals surface area contributed by atoms with Crippen LogP contribution < -0.4 is 14.9 Å². The van der Waals surface area contributed by atoms with Gasteiger partial charge in [-0.05, 0) is 47.1 Å². The Morgan fingerprint density at radius 1 is 1.23 bits per heavy atom. The quantitative estimate of drug-likeness (QED) is 0.315. The smallest absolute Gasteiger partial charge is 0.362 e. The predicted molar refractivity (Wildman–Crippen MR) is 125 cm³/mol. The summed E-state index contributed by atoms with van der Waals surface area (Å²) < 4.78 is 18.2.